The van der Waals surface area contributed by atoms with Gasteiger partial charge in [0.05, 0.1) is 23.2 Å². The van der Waals surface area contributed by atoms with Gasteiger partial charge in [0, 0.05) is 23.8 Å². The molecule has 7 nitrogen and oxygen atoms in total. The molecule has 1 aliphatic rings. The summed E-state index contributed by atoms with van der Waals surface area (Å²) < 4.78 is 37.4. The Hall–Kier alpha value is -2.33. The van der Waals surface area contributed by atoms with Crippen molar-refractivity contribution in [3.63, 3.8) is 0 Å². The van der Waals surface area contributed by atoms with Crippen LogP contribution in [0.1, 0.15) is 33.4 Å². The highest BCUT2D eigenvalue weighted by Gasteiger charge is 2.34. The van der Waals surface area contributed by atoms with Crippen LogP contribution < -0.4 is 5.32 Å². The monoisotopic (exact) mass is 411 g/mol. The number of aromatic nitrogens is 1. The van der Waals surface area contributed by atoms with Gasteiger partial charge in [-0.3, -0.25) is 14.6 Å². The number of rotatable bonds is 5. The molecule has 0 saturated carbocycles. The van der Waals surface area contributed by atoms with Gasteiger partial charge in [0.1, 0.15) is 10.7 Å². The molecule has 2 aromatic rings. The molecule has 0 aliphatic carbocycles. The van der Waals surface area contributed by atoms with Crippen molar-refractivity contribution in [3.8, 4) is 0 Å². The molecular weight excluding hydrogens is 393 g/mol. The van der Waals surface area contributed by atoms with Crippen LogP contribution in [0.5, 0.6) is 0 Å². The highest BCUT2D eigenvalue weighted by atomic mass is 32.2. The zero-order valence-electron chi connectivity index (χ0n) is 14.5. The Labute approximate surface area is 160 Å². The third kappa shape index (κ3) is 4.51. The average Bonchev–Trinajstić information content (AvgIpc) is 3.25. The zero-order chi connectivity index (χ0) is 19.6. The van der Waals surface area contributed by atoms with Crippen LogP contribution >= 0.6 is 11.3 Å². The van der Waals surface area contributed by atoms with Gasteiger partial charge < -0.3 is 10.2 Å². The van der Waals surface area contributed by atoms with Gasteiger partial charge in [0.25, 0.3) is 11.8 Å². The van der Waals surface area contributed by atoms with Gasteiger partial charge in [-0.15, -0.1) is 11.3 Å². The van der Waals surface area contributed by atoms with E-state index in [0.29, 0.717) is 17.8 Å². The molecule has 0 radical (unpaired) electrons. The number of halogens is 1. The lowest BCUT2D eigenvalue weighted by Gasteiger charge is -2.27. The third-order valence-corrected chi connectivity index (χ3v) is 6.83. The van der Waals surface area contributed by atoms with Gasteiger partial charge in [-0.1, -0.05) is 0 Å². The Bertz CT molecular complexity index is 961. The van der Waals surface area contributed by atoms with E-state index >= 15 is 0 Å². The maximum atomic E-state index is 14.0. The fourth-order valence-corrected chi connectivity index (χ4v) is 5.31. The van der Waals surface area contributed by atoms with E-state index in [1.54, 1.807) is 6.92 Å². The average molecular weight is 411 g/mol. The van der Waals surface area contributed by atoms with Crippen LogP contribution in [0.3, 0.4) is 0 Å². The van der Waals surface area contributed by atoms with Gasteiger partial charge in [0.2, 0.25) is 0 Å². The first-order valence-corrected chi connectivity index (χ1v) is 11.0. The zero-order valence-corrected chi connectivity index (χ0v) is 16.1. The van der Waals surface area contributed by atoms with Crippen LogP contribution in [0.4, 0.5) is 10.1 Å². The second-order valence-electron chi connectivity index (χ2n) is 6.20. The number of carbonyl (C=O) groups is 2. The molecule has 1 atom stereocenters. The number of thiazole rings is 1. The number of nitrogens with one attached hydrogen (secondary N) is 1. The molecule has 10 heteroatoms. The van der Waals surface area contributed by atoms with Crippen molar-refractivity contribution in [2.45, 2.75) is 19.4 Å². The van der Waals surface area contributed by atoms with E-state index in [1.807, 2.05) is 0 Å². The number of anilines is 1. The Morgan fingerprint density at radius 3 is 2.74 bits per heavy atom. The summed E-state index contributed by atoms with van der Waals surface area (Å²) in [5.41, 5.74) is 1.71. The molecule has 1 unspecified atom stereocenters. The fraction of sp³-hybridized carbons (Fsp3) is 0.353. The van der Waals surface area contributed by atoms with E-state index in [1.165, 1.54) is 22.7 Å². The highest BCUT2D eigenvalue weighted by Crippen LogP contribution is 2.22. The number of hydrogen-bond donors (Lipinski definition) is 1. The Morgan fingerprint density at radius 1 is 1.37 bits per heavy atom. The van der Waals surface area contributed by atoms with E-state index in [9.17, 15) is 22.4 Å². The summed E-state index contributed by atoms with van der Waals surface area (Å²) >= 11 is 1.14. The summed E-state index contributed by atoms with van der Waals surface area (Å²) in [7, 11) is -3.15. The Balaban J connectivity index is 1.82. The predicted molar refractivity (Wildman–Crippen MR) is 100 cm³/mol. The van der Waals surface area contributed by atoms with Crippen LogP contribution in [-0.4, -0.2) is 54.2 Å². The Morgan fingerprint density at radius 2 is 2.15 bits per heavy atom. The lowest BCUT2D eigenvalue weighted by atomic mass is 10.1. The largest absolute Gasteiger partial charge is 0.335 e. The van der Waals surface area contributed by atoms with Crippen LogP contribution in [0.25, 0.3) is 0 Å². The third-order valence-electron chi connectivity index (χ3n) is 4.31. The summed E-state index contributed by atoms with van der Waals surface area (Å²) in [4.78, 5) is 30.6. The maximum Gasteiger partial charge on any atom is 0.267 e. The quantitative estimate of drug-likeness (QED) is 0.814. The van der Waals surface area contributed by atoms with Crippen LogP contribution in [0, 0.1) is 5.82 Å². The molecule has 144 valence electrons. The van der Waals surface area contributed by atoms with E-state index in [4.69, 9.17) is 0 Å². The standard InChI is InChI=1S/C17H18FN3O4S2/c1-2-21(14-3-4-27(24,25)9-14)17(23)11-5-12(18)7-13(6-11)20-16(22)15-8-19-10-26-15/h5-8,10,14H,2-4,9H2,1H3,(H,20,22). The molecule has 1 aliphatic heterocycles. The topological polar surface area (TPSA) is 96.4 Å². The number of hydrogen-bond acceptors (Lipinski definition) is 6. The molecule has 2 amide bonds. The first kappa shape index (κ1) is 19.4. The fourth-order valence-electron chi connectivity index (χ4n) is 3.06. The molecule has 1 aromatic carbocycles. The molecule has 2 heterocycles. The Kier molecular flexibility index (Phi) is 5.56. The number of sulfone groups is 1. The predicted octanol–water partition coefficient (Wildman–Crippen LogP) is 2.18. The summed E-state index contributed by atoms with van der Waals surface area (Å²) in [6.45, 7) is 2.05. The lowest BCUT2D eigenvalue weighted by Crippen LogP contribution is -2.41. The van der Waals surface area contributed by atoms with Gasteiger partial charge in [-0.2, -0.15) is 0 Å². The minimum atomic E-state index is -3.15. The molecule has 1 fully saturated rings. The van der Waals surface area contributed by atoms with Crippen molar-refractivity contribution in [2.24, 2.45) is 0 Å². The minimum absolute atomic E-state index is 0.0424. The molecule has 1 saturated heterocycles. The van der Waals surface area contributed by atoms with Gasteiger partial charge in [0.15, 0.2) is 9.84 Å². The van der Waals surface area contributed by atoms with Crippen molar-refractivity contribution in [2.75, 3.05) is 23.4 Å². The van der Waals surface area contributed by atoms with Gasteiger partial charge >= 0.3 is 0 Å². The molecular formula is C17H18FN3O4S2. The summed E-state index contributed by atoms with van der Waals surface area (Å²) in [5, 5.41) is 2.54. The summed E-state index contributed by atoms with van der Waals surface area (Å²) in [5.74, 6) is -1.63. The normalized spacial score (nSPS) is 18.2. The lowest BCUT2D eigenvalue weighted by molar-refractivity contribution is 0.0707. The SMILES string of the molecule is CCN(C(=O)c1cc(F)cc(NC(=O)c2cncs2)c1)C1CCS(=O)(=O)C1. The summed E-state index contributed by atoms with van der Waals surface area (Å²) in [6, 6.07) is 3.16. The number of benzene rings is 1. The molecule has 1 N–H and O–H groups in total. The number of carbonyl (C=O) groups excluding carboxylic acids is 2. The highest BCUT2D eigenvalue weighted by molar-refractivity contribution is 7.91. The van der Waals surface area contributed by atoms with Crippen LogP contribution in [-0.2, 0) is 9.84 Å². The van der Waals surface area contributed by atoms with Crippen LogP contribution in [0.15, 0.2) is 29.9 Å². The molecule has 0 bridgehead atoms. The minimum Gasteiger partial charge on any atom is -0.335 e. The van der Waals surface area contributed by atoms with E-state index < -0.39 is 33.5 Å². The van der Waals surface area contributed by atoms with Crippen LogP contribution in [0.2, 0.25) is 0 Å². The van der Waals surface area contributed by atoms with Gasteiger partial charge in [-0.05, 0) is 31.5 Å². The first-order chi connectivity index (χ1) is 12.8. The molecule has 27 heavy (non-hydrogen) atoms. The molecule has 3 rings (SSSR count). The van der Waals surface area contributed by atoms with Crippen molar-refractivity contribution in [1.82, 2.24) is 9.88 Å². The number of amides is 2. The maximum absolute atomic E-state index is 14.0. The summed E-state index contributed by atoms with van der Waals surface area (Å²) in [6.07, 6.45) is 1.76. The van der Waals surface area contributed by atoms with Crippen molar-refractivity contribution in [3.05, 3.63) is 46.2 Å². The van der Waals surface area contributed by atoms with Gasteiger partial charge in [-0.25, -0.2) is 12.8 Å². The van der Waals surface area contributed by atoms with Crippen molar-refractivity contribution < 1.29 is 22.4 Å². The second kappa shape index (κ2) is 7.73. The molecule has 0 spiro atoms. The smallest absolute Gasteiger partial charge is 0.267 e. The second-order valence-corrected chi connectivity index (χ2v) is 9.31. The number of nitrogens with zero attached hydrogens (tertiary/aromatic N) is 2. The van der Waals surface area contributed by atoms with E-state index in [-0.39, 0.29) is 22.8 Å². The molecule has 1 aromatic heterocycles. The first-order valence-electron chi connectivity index (χ1n) is 8.31. The van der Waals surface area contributed by atoms with Crippen molar-refractivity contribution >= 4 is 38.7 Å². The van der Waals surface area contributed by atoms with E-state index in [0.717, 1.165) is 23.5 Å². The van der Waals surface area contributed by atoms with E-state index in [2.05, 4.69) is 10.3 Å². The van der Waals surface area contributed by atoms with Crippen molar-refractivity contribution in [1.29, 1.82) is 0 Å².